The molecule has 0 bridgehead atoms. The summed E-state index contributed by atoms with van der Waals surface area (Å²) in [5.41, 5.74) is 1.68. The molecule has 0 fully saturated rings. The molecule has 0 aliphatic rings. The van der Waals surface area contributed by atoms with Gasteiger partial charge in [-0.15, -0.1) is 0 Å². The number of hydrogen-bond acceptors (Lipinski definition) is 2. The predicted molar refractivity (Wildman–Crippen MR) is 45.2 cm³/mol. The molecule has 1 nitrogen and oxygen atoms in total. The van der Waals surface area contributed by atoms with Crippen LogP contribution in [0.1, 0.15) is 6.92 Å². The first kappa shape index (κ1) is 8.37. The Kier molecular flexibility index (Phi) is 3.97. The van der Waals surface area contributed by atoms with Crippen molar-refractivity contribution >= 4 is 12.6 Å². The van der Waals surface area contributed by atoms with Crippen molar-refractivity contribution in [1.82, 2.24) is 5.32 Å². The standard InChI is InChI=1S/C7H11NS/c1-6(2)8-7(3)4-5-9/h4-5,8-9H,1,3H2,2H3/b5-4-. The second-order valence-corrected chi connectivity index (χ2v) is 2.04. The topological polar surface area (TPSA) is 12.0 Å². The number of hydrogen-bond donors (Lipinski definition) is 2. The Bertz CT molecular complexity index is 147. The maximum Gasteiger partial charge on any atom is 0.0313 e. The molecule has 0 aromatic carbocycles. The summed E-state index contributed by atoms with van der Waals surface area (Å²) in [6.45, 7) is 9.20. The average Bonchev–Trinajstić information content (AvgIpc) is 1.63. The van der Waals surface area contributed by atoms with E-state index in [1.165, 1.54) is 0 Å². The van der Waals surface area contributed by atoms with Gasteiger partial charge in [0.25, 0.3) is 0 Å². The summed E-state index contributed by atoms with van der Waals surface area (Å²) in [4.78, 5) is 0. The molecule has 0 unspecified atom stereocenters. The van der Waals surface area contributed by atoms with E-state index in [0.29, 0.717) is 0 Å². The highest BCUT2D eigenvalue weighted by molar-refractivity contribution is 7.83. The molecule has 0 saturated carbocycles. The van der Waals surface area contributed by atoms with Crippen LogP contribution >= 0.6 is 12.6 Å². The third kappa shape index (κ3) is 5.24. The zero-order valence-electron chi connectivity index (χ0n) is 5.52. The highest BCUT2D eigenvalue weighted by Gasteiger charge is 1.82. The molecular formula is C7H11NS. The van der Waals surface area contributed by atoms with Gasteiger partial charge in [0.15, 0.2) is 0 Å². The van der Waals surface area contributed by atoms with Gasteiger partial charge in [-0.2, -0.15) is 12.6 Å². The first-order valence-electron chi connectivity index (χ1n) is 2.59. The predicted octanol–water partition coefficient (Wildman–Crippen LogP) is 2.07. The fourth-order valence-electron chi connectivity index (χ4n) is 0.406. The van der Waals surface area contributed by atoms with Crippen molar-refractivity contribution in [2.24, 2.45) is 0 Å². The molecule has 2 heteroatoms. The zero-order chi connectivity index (χ0) is 7.28. The fourth-order valence-corrected chi connectivity index (χ4v) is 0.586. The van der Waals surface area contributed by atoms with Crippen molar-refractivity contribution in [3.63, 3.8) is 0 Å². The van der Waals surface area contributed by atoms with Gasteiger partial charge in [-0.05, 0) is 18.4 Å². The lowest BCUT2D eigenvalue weighted by Crippen LogP contribution is -2.05. The molecule has 0 aromatic heterocycles. The minimum Gasteiger partial charge on any atom is -0.360 e. The second kappa shape index (κ2) is 4.27. The monoisotopic (exact) mass is 141 g/mol. The summed E-state index contributed by atoms with van der Waals surface area (Å²) >= 11 is 3.87. The van der Waals surface area contributed by atoms with Crippen molar-refractivity contribution in [2.75, 3.05) is 0 Å². The smallest absolute Gasteiger partial charge is 0.0313 e. The van der Waals surface area contributed by atoms with Crippen molar-refractivity contribution in [3.8, 4) is 0 Å². The SMILES string of the molecule is C=C(C)NC(=C)/C=C\S. The minimum atomic E-state index is 0.803. The number of rotatable bonds is 3. The second-order valence-electron chi connectivity index (χ2n) is 1.75. The van der Waals surface area contributed by atoms with E-state index in [0.717, 1.165) is 11.4 Å². The average molecular weight is 141 g/mol. The van der Waals surface area contributed by atoms with Crippen molar-refractivity contribution in [3.05, 3.63) is 36.0 Å². The van der Waals surface area contributed by atoms with Crippen LogP contribution in [0, 0.1) is 0 Å². The molecule has 0 atom stereocenters. The largest absolute Gasteiger partial charge is 0.360 e. The Morgan fingerprint density at radius 2 is 2.11 bits per heavy atom. The van der Waals surface area contributed by atoms with Gasteiger partial charge in [-0.3, -0.25) is 0 Å². The van der Waals surface area contributed by atoms with Gasteiger partial charge in [0.05, 0.1) is 0 Å². The summed E-state index contributed by atoms with van der Waals surface area (Å²) in [6.07, 6.45) is 1.76. The molecular weight excluding hydrogens is 130 g/mol. The van der Waals surface area contributed by atoms with E-state index in [1.54, 1.807) is 11.5 Å². The molecule has 0 amide bonds. The lowest BCUT2D eigenvalue weighted by atomic mass is 10.4. The minimum absolute atomic E-state index is 0.803. The summed E-state index contributed by atoms with van der Waals surface area (Å²) in [5.74, 6) is 0. The van der Waals surface area contributed by atoms with E-state index in [2.05, 4.69) is 31.1 Å². The third-order valence-electron chi connectivity index (χ3n) is 0.650. The third-order valence-corrected chi connectivity index (χ3v) is 0.799. The highest BCUT2D eigenvalue weighted by Crippen LogP contribution is 1.92. The van der Waals surface area contributed by atoms with Gasteiger partial charge in [-0.1, -0.05) is 13.2 Å². The Balaban J connectivity index is 3.64. The van der Waals surface area contributed by atoms with E-state index >= 15 is 0 Å². The molecule has 0 aromatic rings. The molecule has 0 aliphatic heterocycles. The fraction of sp³-hybridized carbons (Fsp3) is 0.143. The Morgan fingerprint density at radius 3 is 2.44 bits per heavy atom. The normalized spacial score (nSPS) is 9.56. The lowest BCUT2D eigenvalue weighted by molar-refractivity contribution is 1.02. The quantitative estimate of drug-likeness (QED) is 0.453. The van der Waals surface area contributed by atoms with Crippen LogP contribution in [-0.2, 0) is 0 Å². The van der Waals surface area contributed by atoms with Crippen LogP contribution in [0.3, 0.4) is 0 Å². The van der Waals surface area contributed by atoms with Crippen LogP contribution in [0.4, 0.5) is 0 Å². The number of allylic oxidation sites excluding steroid dienone is 2. The van der Waals surface area contributed by atoms with Gasteiger partial charge in [0, 0.05) is 11.4 Å². The van der Waals surface area contributed by atoms with Crippen LogP contribution in [0.5, 0.6) is 0 Å². The summed E-state index contributed by atoms with van der Waals surface area (Å²) in [6, 6.07) is 0. The molecule has 50 valence electrons. The molecule has 0 radical (unpaired) electrons. The highest BCUT2D eigenvalue weighted by atomic mass is 32.1. The first-order chi connectivity index (χ1) is 4.16. The van der Waals surface area contributed by atoms with E-state index in [-0.39, 0.29) is 0 Å². The molecule has 0 aliphatic carbocycles. The van der Waals surface area contributed by atoms with Crippen LogP contribution in [-0.4, -0.2) is 0 Å². The lowest BCUT2D eigenvalue weighted by Gasteiger charge is -2.01. The van der Waals surface area contributed by atoms with E-state index < -0.39 is 0 Å². The molecule has 9 heavy (non-hydrogen) atoms. The number of thiol groups is 1. The van der Waals surface area contributed by atoms with Crippen molar-refractivity contribution < 1.29 is 0 Å². The summed E-state index contributed by atoms with van der Waals surface area (Å²) in [5, 5.41) is 4.54. The van der Waals surface area contributed by atoms with Crippen LogP contribution in [0.25, 0.3) is 0 Å². The van der Waals surface area contributed by atoms with Crippen molar-refractivity contribution in [2.45, 2.75) is 6.92 Å². The molecule has 1 N–H and O–H groups in total. The Morgan fingerprint density at radius 1 is 1.56 bits per heavy atom. The van der Waals surface area contributed by atoms with E-state index in [9.17, 15) is 0 Å². The Labute approximate surface area is 61.6 Å². The van der Waals surface area contributed by atoms with Crippen LogP contribution in [0.2, 0.25) is 0 Å². The van der Waals surface area contributed by atoms with Crippen LogP contribution < -0.4 is 5.32 Å². The van der Waals surface area contributed by atoms with Gasteiger partial charge >= 0.3 is 0 Å². The number of nitrogens with one attached hydrogen (secondary N) is 1. The van der Waals surface area contributed by atoms with Gasteiger partial charge in [-0.25, -0.2) is 0 Å². The maximum absolute atomic E-state index is 3.87. The molecule has 0 spiro atoms. The van der Waals surface area contributed by atoms with Gasteiger partial charge < -0.3 is 5.32 Å². The van der Waals surface area contributed by atoms with Gasteiger partial charge in [0.2, 0.25) is 0 Å². The maximum atomic E-state index is 3.87. The van der Waals surface area contributed by atoms with Crippen molar-refractivity contribution in [1.29, 1.82) is 0 Å². The van der Waals surface area contributed by atoms with Crippen LogP contribution in [0.15, 0.2) is 36.0 Å². The molecule has 0 saturated heterocycles. The van der Waals surface area contributed by atoms with E-state index in [1.807, 2.05) is 6.92 Å². The summed E-state index contributed by atoms with van der Waals surface area (Å²) < 4.78 is 0. The molecule has 0 heterocycles. The van der Waals surface area contributed by atoms with Gasteiger partial charge in [0.1, 0.15) is 0 Å². The summed E-state index contributed by atoms with van der Waals surface area (Å²) in [7, 11) is 0. The first-order valence-corrected chi connectivity index (χ1v) is 3.10. The van der Waals surface area contributed by atoms with E-state index in [4.69, 9.17) is 0 Å². The zero-order valence-corrected chi connectivity index (χ0v) is 6.41. The Hall–Kier alpha value is -0.630. The molecule has 0 rings (SSSR count).